The highest BCUT2D eigenvalue weighted by Gasteiger charge is 2.78. The van der Waals surface area contributed by atoms with Crippen LogP contribution in [-0.4, -0.2) is 70.8 Å². The minimum atomic E-state index is -1.40. The molecule has 0 aromatic heterocycles. The van der Waals surface area contributed by atoms with Gasteiger partial charge in [0.15, 0.2) is 18.0 Å². The zero-order chi connectivity index (χ0) is 23.0. The molecule has 3 N–H and O–H groups in total. The van der Waals surface area contributed by atoms with E-state index in [1.165, 1.54) is 7.11 Å². The maximum Gasteiger partial charge on any atom is 0.340 e. The van der Waals surface area contributed by atoms with Gasteiger partial charge < -0.3 is 34.3 Å². The summed E-state index contributed by atoms with van der Waals surface area (Å²) < 4.78 is 23.4. The van der Waals surface area contributed by atoms with Crippen molar-refractivity contribution in [1.29, 1.82) is 0 Å². The van der Waals surface area contributed by atoms with Gasteiger partial charge in [-0.2, -0.15) is 0 Å². The molecule has 0 unspecified atom stereocenters. The highest BCUT2D eigenvalue weighted by molar-refractivity contribution is 5.77. The van der Waals surface area contributed by atoms with Gasteiger partial charge in [0.25, 0.3) is 0 Å². The van der Waals surface area contributed by atoms with Crippen LogP contribution in [0.15, 0.2) is 30.3 Å². The molecule has 2 heterocycles. The van der Waals surface area contributed by atoms with Crippen LogP contribution in [-0.2, 0) is 23.7 Å². The molecular weight excluding hydrogens is 416 g/mol. The molecule has 1 aromatic carbocycles. The predicted octanol–water partition coefficient (Wildman–Crippen LogP) is 1.47. The van der Waals surface area contributed by atoms with Crippen LogP contribution < -0.4 is 0 Å². The summed E-state index contributed by atoms with van der Waals surface area (Å²) in [6.45, 7) is 3.73. The molecule has 8 heteroatoms. The molecule has 0 amide bonds. The zero-order valence-corrected chi connectivity index (χ0v) is 18.7. The number of hydrogen-bond acceptors (Lipinski definition) is 8. The third kappa shape index (κ3) is 2.87. The van der Waals surface area contributed by atoms with E-state index in [1.54, 1.807) is 19.1 Å². The van der Waals surface area contributed by atoms with E-state index >= 15 is 0 Å². The summed E-state index contributed by atoms with van der Waals surface area (Å²) in [6.07, 6.45) is -1.44. The second-order valence-corrected chi connectivity index (χ2v) is 10.6. The van der Waals surface area contributed by atoms with Crippen LogP contribution in [0, 0.1) is 10.8 Å². The molecule has 32 heavy (non-hydrogen) atoms. The van der Waals surface area contributed by atoms with Gasteiger partial charge >= 0.3 is 5.97 Å². The van der Waals surface area contributed by atoms with Gasteiger partial charge in [-0.15, -0.1) is 0 Å². The number of carbonyl (C=O) groups excluding carboxylic acids is 1. The number of fused-ring (bicyclic) bond motifs is 1. The van der Waals surface area contributed by atoms with Crippen molar-refractivity contribution < 1.29 is 39.1 Å². The Hall–Kier alpha value is -1.55. The van der Waals surface area contributed by atoms with Gasteiger partial charge in [-0.05, 0) is 25.3 Å². The highest BCUT2D eigenvalue weighted by Crippen LogP contribution is 2.70. The van der Waals surface area contributed by atoms with E-state index in [0.29, 0.717) is 18.4 Å². The van der Waals surface area contributed by atoms with Crippen molar-refractivity contribution in [3.05, 3.63) is 35.9 Å². The van der Waals surface area contributed by atoms with E-state index in [-0.39, 0.29) is 26.1 Å². The normalized spacial score (nSPS) is 48.1. The highest BCUT2D eigenvalue weighted by atomic mass is 16.6. The average Bonchev–Trinajstić information content (AvgIpc) is 2.95. The molecule has 2 aliphatic carbocycles. The summed E-state index contributed by atoms with van der Waals surface area (Å²) in [7, 11) is 1.44. The molecular formula is C24H32O8. The van der Waals surface area contributed by atoms with Gasteiger partial charge in [0.05, 0.1) is 18.8 Å². The van der Waals surface area contributed by atoms with Crippen LogP contribution in [0.25, 0.3) is 0 Å². The summed E-state index contributed by atoms with van der Waals surface area (Å²) in [5.74, 6) is -2.01. The molecule has 2 saturated heterocycles. The summed E-state index contributed by atoms with van der Waals surface area (Å²) >= 11 is 0. The summed E-state index contributed by atoms with van der Waals surface area (Å²) in [5.41, 5.74) is -3.37. The molecule has 176 valence electrons. The minimum Gasteiger partial charge on any atom is -0.454 e. The smallest absolute Gasteiger partial charge is 0.340 e. The Morgan fingerprint density at radius 3 is 2.50 bits per heavy atom. The maximum absolute atomic E-state index is 13.2. The van der Waals surface area contributed by atoms with Crippen LogP contribution in [0.3, 0.4) is 0 Å². The van der Waals surface area contributed by atoms with E-state index in [1.807, 2.05) is 25.1 Å². The lowest BCUT2D eigenvalue weighted by molar-refractivity contribution is -0.344. The Labute approximate surface area is 187 Å². The van der Waals surface area contributed by atoms with Gasteiger partial charge in [-0.1, -0.05) is 37.3 Å². The number of aliphatic hydroxyl groups is 3. The number of benzene rings is 1. The van der Waals surface area contributed by atoms with Gasteiger partial charge in [0, 0.05) is 30.8 Å². The third-order valence-corrected chi connectivity index (χ3v) is 8.73. The van der Waals surface area contributed by atoms with Gasteiger partial charge in [-0.3, -0.25) is 0 Å². The first kappa shape index (κ1) is 22.3. The van der Waals surface area contributed by atoms with Crippen molar-refractivity contribution in [2.24, 2.45) is 10.8 Å². The predicted molar refractivity (Wildman–Crippen MR) is 111 cm³/mol. The van der Waals surface area contributed by atoms with Gasteiger partial charge in [-0.25, -0.2) is 4.79 Å². The Balaban J connectivity index is 1.49. The molecule has 4 aliphatic rings. The fraction of sp³-hybridized carbons (Fsp3) is 0.708. The monoisotopic (exact) mass is 448 g/mol. The number of ether oxygens (including phenoxy) is 4. The zero-order valence-electron chi connectivity index (χ0n) is 18.7. The largest absolute Gasteiger partial charge is 0.454 e. The molecule has 1 spiro atoms. The van der Waals surface area contributed by atoms with Gasteiger partial charge in [0.2, 0.25) is 0 Å². The first-order valence-electron chi connectivity index (χ1n) is 11.2. The van der Waals surface area contributed by atoms with E-state index in [9.17, 15) is 20.1 Å². The Morgan fingerprint density at radius 1 is 1.09 bits per heavy atom. The molecule has 1 aromatic rings. The molecule has 2 saturated carbocycles. The Kier molecular flexibility index (Phi) is 4.85. The molecule has 5 rings (SSSR count). The summed E-state index contributed by atoms with van der Waals surface area (Å²) in [6, 6.07) is 9.03. The van der Waals surface area contributed by atoms with Crippen LogP contribution in [0.2, 0.25) is 0 Å². The standard InChI is InChI=1S/C24H32O8/c1-20(26)9-10-22-13-31-24(28)11-21(22,2)23(27,12-24)14-30-18(22)17(20)32-19(25)16(29-3)15-7-5-4-6-8-15/h4-8,16-18,26-28H,9-14H2,1-3H3/t16-,17-,18-,20+,21+,22+,23+,24-/m0/s1. The number of carbonyl (C=O) groups is 1. The van der Waals surface area contributed by atoms with Crippen LogP contribution in [0.1, 0.15) is 51.2 Å². The molecule has 8 atom stereocenters. The average molecular weight is 449 g/mol. The van der Waals surface area contributed by atoms with Crippen molar-refractivity contribution >= 4 is 5.97 Å². The minimum absolute atomic E-state index is 0.0297. The van der Waals surface area contributed by atoms with E-state index < -0.39 is 52.1 Å². The van der Waals surface area contributed by atoms with Crippen LogP contribution >= 0.6 is 0 Å². The van der Waals surface area contributed by atoms with Crippen LogP contribution in [0.4, 0.5) is 0 Å². The second kappa shape index (κ2) is 6.98. The molecule has 8 nitrogen and oxygen atoms in total. The lowest BCUT2D eigenvalue weighted by Gasteiger charge is -2.65. The first-order valence-corrected chi connectivity index (χ1v) is 11.2. The lowest BCUT2D eigenvalue weighted by Crippen LogP contribution is -2.74. The van der Waals surface area contributed by atoms with Crippen LogP contribution in [0.5, 0.6) is 0 Å². The van der Waals surface area contributed by atoms with E-state index in [4.69, 9.17) is 18.9 Å². The fourth-order valence-electron chi connectivity index (χ4n) is 6.77. The quantitative estimate of drug-likeness (QED) is 0.594. The molecule has 2 aliphatic heterocycles. The fourth-order valence-corrected chi connectivity index (χ4v) is 6.77. The van der Waals surface area contributed by atoms with Crippen molar-refractivity contribution in [1.82, 2.24) is 0 Å². The van der Waals surface area contributed by atoms with Crippen molar-refractivity contribution in [3.8, 4) is 0 Å². The Morgan fingerprint density at radius 2 is 1.81 bits per heavy atom. The van der Waals surface area contributed by atoms with Crippen molar-refractivity contribution in [2.75, 3.05) is 20.3 Å². The number of hydrogen-bond donors (Lipinski definition) is 3. The lowest BCUT2D eigenvalue weighted by atomic mass is 9.48. The summed E-state index contributed by atoms with van der Waals surface area (Å²) in [4.78, 5) is 13.2. The molecule has 0 radical (unpaired) electrons. The SMILES string of the molecule is CO[C@H](C(=O)O[C@H]1[C@@H]2OC[C@]3(O)C[C@]4(O)C[C@]3(C)[C@]2(CC[C@@]1(C)O)CO4)c1ccccc1. The summed E-state index contributed by atoms with van der Waals surface area (Å²) in [5, 5.41) is 33.6. The molecule has 4 fully saturated rings. The number of methoxy groups -OCH3 is 1. The van der Waals surface area contributed by atoms with Gasteiger partial charge in [0.1, 0.15) is 11.7 Å². The maximum atomic E-state index is 13.2. The topological polar surface area (TPSA) is 115 Å². The van der Waals surface area contributed by atoms with E-state index in [2.05, 4.69) is 0 Å². The first-order chi connectivity index (χ1) is 15.0. The second-order valence-electron chi connectivity index (χ2n) is 10.6. The Bertz CT molecular complexity index is 905. The third-order valence-electron chi connectivity index (χ3n) is 8.73. The number of esters is 1. The molecule has 2 bridgehead atoms. The van der Waals surface area contributed by atoms with Crippen molar-refractivity contribution in [3.63, 3.8) is 0 Å². The van der Waals surface area contributed by atoms with Crippen molar-refractivity contribution in [2.45, 2.75) is 74.8 Å². The number of rotatable bonds is 4. The van der Waals surface area contributed by atoms with E-state index in [0.717, 1.165) is 0 Å².